The van der Waals surface area contributed by atoms with Crippen molar-refractivity contribution >= 4 is 17.5 Å². The van der Waals surface area contributed by atoms with Crippen LogP contribution in [-0.2, 0) is 16.1 Å². The van der Waals surface area contributed by atoms with E-state index in [1.165, 1.54) is 19.5 Å². The maximum absolute atomic E-state index is 11.4. The average molecular weight is 273 g/mol. The molecule has 0 fully saturated rings. The molecule has 1 aromatic carbocycles. The minimum Gasteiger partial charge on any atom is -0.464 e. The van der Waals surface area contributed by atoms with Crippen molar-refractivity contribution in [2.24, 2.45) is 0 Å². The molecule has 1 aromatic heterocycles. The first-order chi connectivity index (χ1) is 9.72. The second kappa shape index (κ2) is 6.63. The van der Waals surface area contributed by atoms with Crippen molar-refractivity contribution in [3.63, 3.8) is 0 Å². The second-order valence-corrected chi connectivity index (χ2v) is 4.04. The van der Waals surface area contributed by atoms with E-state index < -0.39 is 5.97 Å². The molecule has 0 saturated carbocycles. The summed E-state index contributed by atoms with van der Waals surface area (Å²) in [6, 6.07) is 7.71. The molecule has 0 bridgehead atoms. The van der Waals surface area contributed by atoms with E-state index in [4.69, 9.17) is 4.74 Å². The van der Waals surface area contributed by atoms with E-state index in [1.54, 1.807) is 7.11 Å². The van der Waals surface area contributed by atoms with E-state index in [2.05, 4.69) is 20.0 Å². The van der Waals surface area contributed by atoms with Gasteiger partial charge in [-0.05, 0) is 17.7 Å². The number of anilines is 2. The topological polar surface area (TPSA) is 73.3 Å². The van der Waals surface area contributed by atoms with Crippen molar-refractivity contribution in [3.05, 3.63) is 47.9 Å². The summed E-state index contributed by atoms with van der Waals surface area (Å²) in [6.45, 7) is 0.531. The number of hydrogen-bond donors (Lipinski definition) is 1. The van der Waals surface area contributed by atoms with Crippen LogP contribution in [0.3, 0.4) is 0 Å². The second-order valence-electron chi connectivity index (χ2n) is 4.04. The number of hydrogen-bond acceptors (Lipinski definition) is 6. The summed E-state index contributed by atoms with van der Waals surface area (Å²) in [5.74, 6) is -0.0447. The van der Waals surface area contributed by atoms with Crippen LogP contribution in [0, 0.1) is 0 Å². The zero-order chi connectivity index (χ0) is 14.4. The van der Waals surface area contributed by atoms with Crippen molar-refractivity contribution in [2.75, 3.05) is 19.5 Å². The third-order valence-corrected chi connectivity index (χ3v) is 2.54. The van der Waals surface area contributed by atoms with Gasteiger partial charge in [-0.15, -0.1) is 0 Å². The Morgan fingerprint density at radius 2 is 2.15 bits per heavy atom. The Morgan fingerprint density at radius 1 is 1.30 bits per heavy atom. The van der Waals surface area contributed by atoms with Gasteiger partial charge in [0.2, 0.25) is 0 Å². The SMILES string of the molecule is COCc1cccc(Nc2cncc(C(=O)OC)n2)c1. The molecule has 104 valence electrons. The summed E-state index contributed by atoms with van der Waals surface area (Å²) in [7, 11) is 2.95. The number of benzene rings is 1. The van der Waals surface area contributed by atoms with Gasteiger partial charge in [0.1, 0.15) is 5.82 Å². The fraction of sp³-hybridized carbons (Fsp3) is 0.214. The van der Waals surface area contributed by atoms with E-state index in [0.717, 1.165) is 11.3 Å². The number of nitrogens with zero attached hydrogens (tertiary/aromatic N) is 2. The van der Waals surface area contributed by atoms with E-state index in [9.17, 15) is 4.79 Å². The number of aromatic nitrogens is 2. The Kier molecular flexibility index (Phi) is 4.62. The van der Waals surface area contributed by atoms with Crippen molar-refractivity contribution < 1.29 is 14.3 Å². The highest BCUT2D eigenvalue weighted by molar-refractivity contribution is 5.87. The summed E-state index contributed by atoms with van der Waals surface area (Å²) in [6.07, 6.45) is 2.90. The largest absolute Gasteiger partial charge is 0.464 e. The van der Waals surface area contributed by atoms with Crippen LogP contribution in [0.25, 0.3) is 0 Å². The van der Waals surface area contributed by atoms with Gasteiger partial charge < -0.3 is 14.8 Å². The van der Waals surface area contributed by atoms with Crippen LogP contribution >= 0.6 is 0 Å². The summed E-state index contributed by atoms with van der Waals surface area (Å²) in [5, 5.41) is 3.09. The highest BCUT2D eigenvalue weighted by Crippen LogP contribution is 2.16. The van der Waals surface area contributed by atoms with Crippen LogP contribution in [0.5, 0.6) is 0 Å². The molecule has 2 aromatic rings. The lowest BCUT2D eigenvalue weighted by molar-refractivity contribution is 0.0593. The standard InChI is InChI=1S/C14H15N3O3/c1-19-9-10-4-3-5-11(6-10)16-13-8-15-7-12(17-13)14(18)20-2/h3-8H,9H2,1-2H3,(H,16,17). The van der Waals surface area contributed by atoms with Crippen molar-refractivity contribution in [2.45, 2.75) is 6.61 Å². The molecule has 0 aliphatic heterocycles. The van der Waals surface area contributed by atoms with Crippen LogP contribution in [0.4, 0.5) is 11.5 Å². The first-order valence-corrected chi connectivity index (χ1v) is 5.98. The van der Waals surface area contributed by atoms with E-state index in [-0.39, 0.29) is 5.69 Å². The molecule has 20 heavy (non-hydrogen) atoms. The molecule has 6 heteroatoms. The van der Waals surface area contributed by atoms with Crippen LogP contribution < -0.4 is 5.32 Å². The highest BCUT2D eigenvalue weighted by atomic mass is 16.5. The summed E-state index contributed by atoms with van der Waals surface area (Å²) < 4.78 is 9.69. The van der Waals surface area contributed by atoms with Crippen LogP contribution in [-0.4, -0.2) is 30.2 Å². The molecule has 0 saturated heterocycles. The van der Waals surface area contributed by atoms with Gasteiger partial charge in [0.15, 0.2) is 5.69 Å². The van der Waals surface area contributed by atoms with E-state index in [1.807, 2.05) is 24.3 Å². The maximum Gasteiger partial charge on any atom is 0.358 e. The molecule has 0 spiro atoms. The van der Waals surface area contributed by atoms with Gasteiger partial charge in [0.25, 0.3) is 0 Å². The highest BCUT2D eigenvalue weighted by Gasteiger charge is 2.08. The number of ether oxygens (including phenoxy) is 2. The van der Waals surface area contributed by atoms with Crippen LogP contribution in [0.1, 0.15) is 16.1 Å². The smallest absolute Gasteiger partial charge is 0.358 e. The minimum absolute atomic E-state index is 0.158. The van der Waals surface area contributed by atoms with E-state index >= 15 is 0 Å². The van der Waals surface area contributed by atoms with E-state index in [0.29, 0.717) is 12.4 Å². The Labute approximate surface area is 116 Å². The fourth-order valence-electron chi connectivity index (χ4n) is 1.68. The molecule has 6 nitrogen and oxygen atoms in total. The normalized spacial score (nSPS) is 10.1. The van der Waals surface area contributed by atoms with Crippen LogP contribution in [0.2, 0.25) is 0 Å². The summed E-state index contributed by atoms with van der Waals surface area (Å²) in [4.78, 5) is 19.5. The molecule has 0 amide bonds. The number of esters is 1. The maximum atomic E-state index is 11.4. The predicted octanol–water partition coefficient (Wildman–Crippen LogP) is 2.15. The minimum atomic E-state index is -0.519. The lowest BCUT2D eigenvalue weighted by Gasteiger charge is -2.08. The molecule has 1 heterocycles. The third-order valence-electron chi connectivity index (χ3n) is 2.54. The molecule has 0 radical (unpaired) electrons. The molecule has 0 atom stereocenters. The first-order valence-electron chi connectivity index (χ1n) is 5.98. The van der Waals surface area contributed by atoms with Gasteiger partial charge in [0, 0.05) is 12.8 Å². The van der Waals surface area contributed by atoms with Crippen molar-refractivity contribution in [3.8, 4) is 0 Å². The predicted molar refractivity (Wildman–Crippen MR) is 73.8 cm³/mol. The monoisotopic (exact) mass is 273 g/mol. The van der Waals surface area contributed by atoms with Gasteiger partial charge in [-0.2, -0.15) is 0 Å². The molecule has 2 rings (SSSR count). The number of carbonyl (C=O) groups excluding carboxylic acids is 1. The lowest BCUT2D eigenvalue weighted by Crippen LogP contribution is -2.06. The lowest BCUT2D eigenvalue weighted by atomic mass is 10.2. The van der Waals surface area contributed by atoms with Gasteiger partial charge in [-0.1, -0.05) is 12.1 Å². The first kappa shape index (κ1) is 14.0. The number of rotatable bonds is 5. The van der Waals surface area contributed by atoms with Crippen molar-refractivity contribution in [1.82, 2.24) is 9.97 Å². The van der Waals surface area contributed by atoms with Crippen LogP contribution in [0.15, 0.2) is 36.7 Å². The number of nitrogens with one attached hydrogen (secondary N) is 1. The zero-order valence-corrected chi connectivity index (χ0v) is 11.3. The van der Waals surface area contributed by atoms with Gasteiger partial charge in [0.05, 0.1) is 26.1 Å². The van der Waals surface area contributed by atoms with Gasteiger partial charge >= 0.3 is 5.97 Å². The number of carbonyl (C=O) groups is 1. The van der Waals surface area contributed by atoms with Crippen molar-refractivity contribution in [1.29, 1.82) is 0 Å². The quantitative estimate of drug-likeness (QED) is 0.841. The third kappa shape index (κ3) is 3.52. The molecule has 0 aliphatic rings. The Bertz CT molecular complexity index is 602. The zero-order valence-electron chi connectivity index (χ0n) is 11.3. The van der Waals surface area contributed by atoms with Gasteiger partial charge in [-0.3, -0.25) is 4.98 Å². The average Bonchev–Trinajstić information content (AvgIpc) is 2.47. The molecule has 1 N–H and O–H groups in total. The molecular formula is C14H15N3O3. The molecule has 0 aliphatic carbocycles. The summed E-state index contributed by atoms with van der Waals surface area (Å²) in [5.41, 5.74) is 2.04. The Balaban J connectivity index is 2.17. The summed E-state index contributed by atoms with van der Waals surface area (Å²) >= 11 is 0. The molecular weight excluding hydrogens is 258 g/mol. The fourth-order valence-corrected chi connectivity index (χ4v) is 1.68. The molecule has 0 unspecified atom stereocenters. The number of methoxy groups -OCH3 is 2. The Hall–Kier alpha value is -2.47. The Morgan fingerprint density at radius 3 is 2.90 bits per heavy atom. The van der Waals surface area contributed by atoms with Gasteiger partial charge in [-0.25, -0.2) is 9.78 Å².